The lowest BCUT2D eigenvalue weighted by molar-refractivity contribution is -0.137. The van der Waals surface area contributed by atoms with Gasteiger partial charge >= 0.3 is 6.18 Å². The molecule has 96 valence electrons. The molecule has 0 saturated carbocycles. The number of nitrogens with zero attached hydrogens (tertiary/aromatic N) is 1. The molecule has 6 heteroatoms. The zero-order chi connectivity index (χ0) is 12.9. The van der Waals surface area contributed by atoms with Crippen LogP contribution in [0.15, 0.2) is 18.3 Å². The van der Waals surface area contributed by atoms with Gasteiger partial charge in [0.15, 0.2) is 0 Å². The van der Waals surface area contributed by atoms with Gasteiger partial charge in [-0.1, -0.05) is 6.92 Å². The van der Waals surface area contributed by atoms with E-state index in [1.54, 1.807) is 0 Å². The molecule has 0 radical (unpaired) electrons. The topological polar surface area (TPSA) is 45.1 Å². The van der Waals surface area contributed by atoms with Crippen LogP contribution < -0.4 is 5.32 Å². The number of nitrogens with one attached hydrogen (secondary N) is 1. The van der Waals surface area contributed by atoms with Crippen molar-refractivity contribution >= 4 is 5.82 Å². The Labute approximate surface area is 97.7 Å². The highest BCUT2D eigenvalue weighted by atomic mass is 19.4. The highest BCUT2D eigenvalue weighted by molar-refractivity contribution is 5.35. The largest absolute Gasteiger partial charge is 0.417 e. The first-order valence-electron chi connectivity index (χ1n) is 5.38. The summed E-state index contributed by atoms with van der Waals surface area (Å²) in [5, 5.41) is 12.1. The van der Waals surface area contributed by atoms with Crippen LogP contribution in [0.3, 0.4) is 0 Å². The normalized spacial score (nSPS) is 13.5. The maximum Gasteiger partial charge on any atom is 0.417 e. The van der Waals surface area contributed by atoms with Crippen LogP contribution in [0, 0.1) is 0 Å². The van der Waals surface area contributed by atoms with E-state index in [4.69, 9.17) is 0 Å². The number of hydrogen-bond donors (Lipinski definition) is 2. The van der Waals surface area contributed by atoms with Crippen LogP contribution in [0.4, 0.5) is 19.0 Å². The van der Waals surface area contributed by atoms with Gasteiger partial charge in [-0.2, -0.15) is 13.2 Å². The molecule has 0 saturated heterocycles. The van der Waals surface area contributed by atoms with Crippen molar-refractivity contribution < 1.29 is 18.3 Å². The van der Waals surface area contributed by atoms with E-state index in [0.717, 1.165) is 12.3 Å². The minimum atomic E-state index is -4.36. The van der Waals surface area contributed by atoms with Crippen molar-refractivity contribution in [2.45, 2.75) is 32.0 Å². The van der Waals surface area contributed by atoms with Crippen molar-refractivity contribution in [2.75, 3.05) is 11.9 Å². The number of anilines is 1. The van der Waals surface area contributed by atoms with Crippen molar-refractivity contribution in [3.05, 3.63) is 23.9 Å². The maximum absolute atomic E-state index is 12.2. The summed E-state index contributed by atoms with van der Waals surface area (Å²) < 4.78 is 36.7. The van der Waals surface area contributed by atoms with Crippen molar-refractivity contribution in [2.24, 2.45) is 0 Å². The third-order valence-electron chi connectivity index (χ3n) is 2.35. The third kappa shape index (κ3) is 4.60. The molecular formula is C11H15F3N2O. The first-order chi connectivity index (χ1) is 7.93. The number of alkyl halides is 3. The van der Waals surface area contributed by atoms with Gasteiger partial charge in [-0.3, -0.25) is 0 Å². The Morgan fingerprint density at radius 1 is 1.41 bits per heavy atom. The Morgan fingerprint density at radius 3 is 2.59 bits per heavy atom. The summed E-state index contributed by atoms with van der Waals surface area (Å²) in [7, 11) is 0. The first-order valence-corrected chi connectivity index (χ1v) is 5.38. The summed E-state index contributed by atoms with van der Waals surface area (Å²) >= 11 is 0. The molecular weight excluding hydrogens is 233 g/mol. The van der Waals surface area contributed by atoms with Gasteiger partial charge < -0.3 is 10.4 Å². The zero-order valence-corrected chi connectivity index (χ0v) is 9.46. The number of halogens is 3. The van der Waals surface area contributed by atoms with Crippen LogP contribution >= 0.6 is 0 Å². The van der Waals surface area contributed by atoms with Gasteiger partial charge in [0.1, 0.15) is 5.82 Å². The molecule has 1 atom stereocenters. The summed E-state index contributed by atoms with van der Waals surface area (Å²) in [6, 6.07) is 2.26. The van der Waals surface area contributed by atoms with E-state index in [1.807, 2.05) is 6.92 Å². The Bertz CT molecular complexity index is 338. The minimum Gasteiger partial charge on any atom is -0.393 e. The van der Waals surface area contributed by atoms with Crippen LogP contribution in [0.1, 0.15) is 25.3 Å². The lowest BCUT2D eigenvalue weighted by Crippen LogP contribution is -2.13. The Morgan fingerprint density at radius 2 is 2.12 bits per heavy atom. The second kappa shape index (κ2) is 5.86. The van der Waals surface area contributed by atoms with Crippen LogP contribution in [-0.4, -0.2) is 22.7 Å². The van der Waals surface area contributed by atoms with Crippen molar-refractivity contribution in [3.63, 3.8) is 0 Å². The maximum atomic E-state index is 12.2. The number of pyridine rings is 1. The summed E-state index contributed by atoms with van der Waals surface area (Å²) in [4.78, 5) is 3.66. The SMILES string of the molecule is CCC(O)CCNc1ccc(C(F)(F)F)cn1. The fourth-order valence-electron chi connectivity index (χ4n) is 1.24. The van der Waals surface area contributed by atoms with Crippen LogP contribution in [0.5, 0.6) is 0 Å². The minimum absolute atomic E-state index is 0.376. The monoisotopic (exact) mass is 248 g/mol. The summed E-state index contributed by atoms with van der Waals surface area (Å²) in [6.07, 6.45) is -2.76. The molecule has 1 heterocycles. The molecule has 0 aliphatic carbocycles. The molecule has 2 N–H and O–H groups in total. The zero-order valence-electron chi connectivity index (χ0n) is 9.46. The lowest BCUT2D eigenvalue weighted by Gasteiger charge is -2.10. The fourth-order valence-corrected chi connectivity index (χ4v) is 1.24. The van der Waals surface area contributed by atoms with Crippen molar-refractivity contribution in [3.8, 4) is 0 Å². The van der Waals surface area contributed by atoms with E-state index >= 15 is 0 Å². The summed E-state index contributed by atoms with van der Waals surface area (Å²) in [5.41, 5.74) is -0.767. The quantitative estimate of drug-likeness (QED) is 0.842. The second-order valence-corrected chi connectivity index (χ2v) is 3.71. The van der Waals surface area contributed by atoms with Crippen LogP contribution in [-0.2, 0) is 6.18 Å². The molecule has 1 aromatic rings. The van der Waals surface area contributed by atoms with E-state index in [2.05, 4.69) is 10.3 Å². The smallest absolute Gasteiger partial charge is 0.393 e. The first kappa shape index (κ1) is 13.8. The van der Waals surface area contributed by atoms with Gasteiger partial charge in [0, 0.05) is 12.7 Å². The molecule has 0 spiro atoms. The number of aliphatic hydroxyl groups excluding tert-OH is 1. The predicted molar refractivity (Wildman–Crippen MR) is 58.6 cm³/mol. The van der Waals surface area contributed by atoms with E-state index < -0.39 is 17.8 Å². The van der Waals surface area contributed by atoms with E-state index in [9.17, 15) is 18.3 Å². The highest BCUT2D eigenvalue weighted by Crippen LogP contribution is 2.28. The van der Waals surface area contributed by atoms with Gasteiger partial charge in [-0.15, -0.1) is 0 Å². The van der Waals surface area contributed by atoms with Gasteiger partial charge in [0.2, 0.25) is 0 Å². The number of rotatable bonds is 5. The van der Waals surface area contributed by atoms with Gasteiger partial charge in [-0.05, 0) is 25.0 Å². The molecule has 17 heavy (non-hydrogen) atoms. The van der Waals surface area contributed by atoms with Gasteiger partial charge in [0.05, 0.1) is 11.7 Å². The summed E-state index contributed by atoms with van der Waals surface area (Å²) in [6.45, 7) is 2.34. The molecule has 1 unspecified atom stereocenters. The van der Waals surface area contributed by atoms with Crippen LogP contribution in [0.2, 0.25) is 0 Å². The molecule has 0 amide bonds. The standard InChI is InChI=1S/C11H15F3N2O/c1-2-9(17)5-6-15-10-4-3-8(7-16-10)11(12,13)14/h3-4,7,9,17H,2,5-6H2,1H3,(H,15,16). The van der Waals surface area contributed by atoms with Gasteiger partial charge in [0.25, 0.3) is 0 Å². The third-order valence-corrected chi connectivity index (χ3v) is 2.35. The van der Waals surface area contributed by atoms with E-state index in [0.29, 0.717) is 25.2 Å². The fraction of sp³-hybridized carbons (Fsp3) is 0.545. The number of aliphatic hydroxyl groups is 1. The predicted octanol–water partition coefficient (Wildman–Crippen LogP) is 2.67. The number of hydrogen-bond acceptors (Lipinski definition) is 3. The van der Waals surface area contributed by atoms with Gasteiger partial charge in [-0.25, -0.2) is 4.98 Å². The molecule has 1 aromatic heterocycles. The second-order valence-electron chi connectivity index (χ2n) is 3.71. The molecule has 0 aliphatic rings. The lowest BCUT2D eigenvalue weighted by atomic mass is 10.2. The molecule has 3 nitrogen and oxygen atoms in total. The van der Waals surface area contributed by atoms with Crippen LogP contribution in [0.25, 0.3) is 0 Å². The highest BCUT2D eigenvalue weighted by Gasteiger charge is 2.30. The Hall–Kier alpha value is -1.30. The van der Waals surface area contributed by atoms with E-state index in [1.165, 1.54) is 6.07 Å². The molecule has 0 bridgehead atoms. The summed E-state index contributed by atoms with van der Waals surface area (Å²) in [5.74, 6) is 0.376. The van der Waals surface area contributed by atoms with Crippen molar-refractivity contribution in [1.82, 2.24) is 4.98 Å². The van der Waals surface area contributed by atoms with Crippen molar-refractivity contribution in [1.29, 1.82) is 0 Å². The average Bonchev–Trinajstić information content (AvgIpc) is 2.28. The molecule has 0 aromatic carbocycles. The number of aromatic nitrogens is 1. The van der Waals surface area contributed by atoms with E-state index in [-0.39, 0.29) is 0 Å². The Kier molecular flexibility index (Phi) is 4.74. The molecule has 0 fully saturated rings. The Balaban J connectivity index is 2.46. The molecule has 1 rings (SSSR count). The molecule has 0 aliphatic heterocycles. The average molecular weight is 248 g/mol.